The monoisotopic (exact) mass is 590 g/mol. The van der Waals surface area contributed by atoms with Crippen molar-refractivity contribution in [2.45, 2.75) is 12.8 Å². The lowest BCUT2D eigenvalue weighted by atomic mass is 9.96. The molecule has 2 heterocycles. The molecule has 1 aromatic heterocycles. The summed E-state index contributed by atoms with van der Waals surface area (Å²) in [6.07, 6.45) is 3.86. The lowest BCUT2D eigenvalue weighted by Crippen LogP contribution is -2.09. The van der Waals surface area contributed by atoms with Crippen LogP contribution in [0.2, 0.25) is 0 Å². The first kappa shape index (κ1) is 26.5. The Kier molecular flexibility index (Phi) is 6.27. The normalized spacial score (nSPS) is 12.5. The van der Waals surface area contributed by atoms with Crippen molar-refractivity contribution in [2.24, 2.45) is 4.99 Å². The number of furan rings is 1. The zero-order valence-corrected chi connectivity index (χ0v) is 25.2. The fourth-order valence-electron chi connectivity index (χ4n) is 6.94. The van der Waals surface area contributed by atoms with Crippen LogP contribution in [0.3, 0.4) is 0 Å². The number of fused-ring (bicyclic) bond motifs is 6. The minimum atomic E-state index is 0.759. The number of hydrogen-bond acceptors (Lipinski definition) is 3. The summed E-state index contributed by atoms with van der Waals surface area (Å²) in [5.74, 6) is 0.759. The number of aryl methyl sites for hydroxylation is 1. The van der Waals surface area contributed by atoms with Gasteiger partial charge < -0.3 is 9.32 Å². The molecule has 218 valence electrons. The Bertz CT molecular complexity index is 2400. The van der Waals surface area contributed by atoms with Crippen LogP contribution in [0.4, 0.5) is 22.9 Å². The molecule has 1 aliphatic heterocycles. The van der Waals surface area contributed by atoms with Crippen LogP contribution in [0.25, 0.3) is 54.8 Å². The Morgan fingerprint density at radius 3 is 2.00 bits per heavy atom. The lowest BCUT2D eigenvalue weighted by molar-refractivity contribution is 0.618. The second kappa shape index (κ2) is 10.9. The predicted octanol–water partition coefficient (Wildman–Crippen LogP) is 12.2. The Morgan fingerprint density at radius 2 is 1.17 bits per heavy atom. The number of rotatable bonds is 5. The molecule has 8 aromatic rings. The molecule has 0 spiro atoms. The van der Waals surface area contributed by atoms with E-state index in [-0.39, 0.29) is 0 Å². The zero-order chi connectivity index (χ0) is 30.5. The predicted molar refractivity (Wildman–Crippen MR) is 193 cm³/mol. The molecule has 0 bridgehead atoms. The van der Waals surface area contributed by atoms with Crippen LogP contribution >= 0.6 is 0 Å². The summed E-state index contributed by atoms with van der Waals surface area (Å²) in [4.78, 5) is 6.85. The van der Waals surface area contributed by atoms with Gasteiger partial charge in [-0.1, -0.05) is 103 Å². The maximum absolute atomic E-state index is 6.12. The number of para-hydroxylation sites is 1. The molecule has 7 aromatic carbocycles. The molecular formula is C43H30N2O. The quantitative estimate of drug-likeness (QED) is 0.199. The third-order valence-electron chi connectivity index (χ3n) is 9.18. The highest BCUT2D eigenvalue weighted by Crippen LogP contribution is 2.41. The van der Waals surface area contributed by atoms with Crippen LogP contribution in [0.5, 0.6) is 0 Å². The molecule has 3 nitrogen and oxygen atoms in total. The highest BCUT2D eigenvalue weighted by atomic mass is 16.3. The van der Waals surface area contributed by atoms with Gasteiger partial charge in [-0.15, -0.1) is 0 Å². The molecular weight excluding hydrogens is 560 g/mol. The molecule has 0 saturated carbocycles. The molecule has 3 heteroatoms. The summed E-state index contributed by atoms with van der Waals surface area (Å²) in [5, 5.41) is 6.16. The van der Waals surface area contributed by atoms with E-state index in [0.717, 1.165) is 41.4 Å². The molecule has 0 atom stereocenters. The number of anilines is 3. The second-order valence-corrected chi connectivity index (χ2v) is 11.9. The molecule has 9 rings (SSSR count). The van der Waals surface area contributed by atoms with E-state index in [0.29, 0.717) is 0 Å². The van der Waals surface area contributed by atoms with Crippen molar-refractivity contribution in [3.63, 3.8) is 0 Å². The highest BCUT2D eigenvalue weighted by molar-refractivity contribution is 6.10. The van der Waals surface area contributed by atoms with Crippen molar-refractivity contribution in [3.8, 4) is 22.3 Å². The number of aliphatic imine (C=N–C) groups is 1. The summed E-state index contributed by atoms with van der Waals surface area (Å²) in [6.45, 7) is 0. The van der Waals surface area contributed by atoms with Gasteiger partial charge in [-0.25, -0.2) is 4.99 Å². The van der Waals surface area contributed by atoms with Crippen molar-refractivity contribution in [2.75, 3.05) is 4.90 Å². The maximum Gasteiger partial charge on any atom is 0.222 e. The first-order chi connectivity index (χ1) is 22.8. The molecule has 0 unspecified atom stereocenters. The van der Waals surface area contributed by atoms with Gasteiger partial charge >= 0.3 is 0 Å². The van der Waals surface area contributed by atoms with E-state index in [1.165, 1.54) is 54.7 Å². The first-order valence-electron chi connectivity index (χ1n) is 15.8. The fraction of sp³-hybridized carbons (Fsp3) is 0.0465. The fourth-order valence-corrected chi connectivity index (χ4v) is 6.94. The second-order valence-electron chi connectivity index (χ2n) is 11.9. The number of hydrogen-bond donors (Lipinski definition) is 0. The molecule has 0 amide bonds. The van der Waals surface area contributed by atoms with Gasteiger partial charge in [0.05, 0.1) is 0 Å². The van der Waals surface area contributed by atoms with Gasteiger partial charge in [0.25, 0.3) is 0 Å². The Hall–Kier alpha value is -5.93. The third kappa shape index (κ3) is 4.48. The summed E-state index contributed by atoms with van der Waals surface area (Å²) in [6, 6.07) is 54.5. The Labute approximate surface area is 267 Å². The van der Waals surface area contributed by atoms with Gasteiger partial charge in [0.2, 0.25) is 5.88 Å². The topological polar surface area (TPSA) is 28.7 Å². The van der Waals surface area contributed by atoms with Crippen LogP contribution in [-0.4, -0.2) is 6.21 Å². The van der Waals surface area contributed by atoms with Crippen LogP contribution in [0, 0.1) is 0 Å². The molecule has 1 aliphatic rings. The largest absolute Gasteiger partial charge is 0.438 e. The molecule has 0 fully saturated rings. The molecule has 0 N–H and O–H groups in total. The van der Waals surface area contributed by atoms with Gasteiger partial charge in [-0.2, -0.15) is 0 Å². The number of nitrogens with zero attached hydrogens (tertiary/aromatic N) is 2. The summed E-state index contributed by atoms with van der Waals surface area (Å²) in [5.41, 5.74) is 10.3. The van der Waals surface area contributed by atoms with E-state index in [2.05, 4.69) is 162 Å². The Balaban J connectivity index is 1.09. The van der Waals surface area contributed by atoms with Gasteiger partial charge in [-0.05, 0) is 105 Å². The van der Waals surface area contributed by atoms with Crippen LogP contribution in [0.1, 0.15) is 12.0 Å². The van der Waals surface area contributed by atoms with E-state index in [1.54, 1.807) is 0 Å². The van der Waals surface area contributed by atoms with Gasteiger partial charge in [0.15, 0.2) is 0 Å². The standard InChI is InChI=1S/C43H30N2O/c1-2-10-34(11-3-1)45(36-24-19-31(20-25-36)38-13-6-9-30-8-4-5-12-37(30)38)35-22-17-29(18-23-35)33-16-15-32-21-26-41-42(40(32)28-33)39-14-7-27-44-43(39)46-41/h1-6,8-13,15-28H,7,14H2. The van der Waals surface area contributed by atoms with Gasteiger partial charge in [0, 0.05) is 34.2 Å². The molecule has 0 radical (unpaired) electrons. The van der Waals surface area contributed by atoms with Crippen LogP contribution in [-0.2, 0) is 6.42 Å². The van der Waals surface area contributed by atoms with Crippen molar-refractivity contribution < 1.29 is 4.42 Å². The van der Waals surface area contributed by atoms with Crippen LogP contribution in [0.15, 0.2) is 161 Å². The number of benzene rings is 7. The maximum atomic E-state index is 6.12. The van der Waals surface area contributed by atoms with E-state index < -0.39 is 0 Å². The SMILES string of the molecule is C1=Nc2oc3ccc4ccc(-c5ccc(N(c6ccccc6)c6ccc(-c7cccc8ccccc78)cc6)cc5)cc4c3c2CC1. The van der Waals surface area contributed by atoms with Crippen molar-refractivity contribution in [3.05, 3.63) is 157 Å². The lowest BCUT2D eigenvalue weighted by Gasteiger charge is -2.26. The molecule has 46 heavy (non-hydrogen) atoms. The van der Waals surface area contributed by atoms with E-state index >= 15 is 0 Å². The summed E-state index contributed by atoms with van der Waals surface area (Å²) < 4.78 is 6.12. The molecule has 0 saturated heterocycles. The summed E-state index contributed by atoms with van der Waals surface area (Å²) >= 11 is 0. The highest BCUT2D eigenvalue weighted by Gasteiger charge is 2.19. The minimum Gasteiger partial charge on any atom is -0.438 e. The van der Waals surface area contributed by atoms with Gasteiger partial charge in [-0.3, -0.25) is 0 Å². The van der Waals surface area contributed by atoms with Crippen molar-refractivity contribution in [1.82, 2.24) is 0 Å². The summed E-state index contributed by atoms with van der Waals surface area (Å²) in [7, 11) is 0. The Morgan fingerprint density at radius 1 is 0.522 bits per heavy atom. The average Bonchev–Trinajstić information content (AvgIpc) is 3.52. The average molecular weight is 591 g/mol. The zero-order valence-electron chi connectivity index (χ0n) is 25.2. The van der Waals surface area contributed by atoms with E-state index in [4.69, 9.17) is 4.42 Å². The van der Waals surface area contributed by atoms with E-state index in [9.17, 15) is 0 Å². The third-order valence-corrected chi connectivity index (χ3v) is 9.18. The van der Waals surface area contributed by atoms with Crippen molar-refractivity contribution in [1.29, 1.82) is 0 Å². The first-order valence-corrected chi connectivity index (χ1v) is 15.8. The van der Waals surface area contributed by atoms with Crippen LogP contribution < -0.4 is 4.90 Å². The minimum absolute atomic E-state index is 0.759. The smallest absolute Gasteiger partial charge is 0.222 e. The van der Waals surface area contributed by atoms with Crippen molar-refractivity contribution >= 4 is 61.7 Å². The van der Waals surface area contributed by atoms with E-state index in [1.807, 2.05) is 6.21 Å². The van der Waals surface area contributed by atoms with Gasteiger partial charge in [0.1, 0.15) is 5.58 Å². The molecule has 0 aliphatic carbocycles.